The van der Waals surface area contributed by atoms with Crippen molar-refractivity contribution in [3.63, 3.8) is 0 Å². The lowest BCUT2D eigenvalue weighted by molar-refractivity contribution is 0.0958. The summed E-state index contributed by atoms with van der Waals surface area (Å²) in [7, 11) is 0. The van der Waals surface area contributed by atoms with Gasteiger partial charge in [0.15, 0.2) is 0 Å². The first kappa shape index (κ1) is 10.1. The zero-order valence-electron chi connectivity index (χ0n) is 7.66. The average molecular weight is 192 g/mol. The second kappa shape index (κ2) is 4.32. The highest BCUT2D eigenvalue weighted by Gasteiger charge is 2.08. The molecule has 0 radical (unpaired) electrons. The van der Waals surface area contributed by atoms with Crippen LogP contribution >= 0.6 is 0 Å². The fourth-order valence-electron chi connectivity index (χ4n) is 1.00. The molecular formula is C10H12N2O2. The molecule has 0 bridgehead atoms. The number of nitrogen functional groups attached to an aromatic ring is 1. The lowest BCUT2D eigenvalue weighted by Crippen LogP contribution is -2.24. The van der Waals surface area contributed by atoms with Crippen molar-refractivity contribution in [2.45, 2.75) is 0 Å². The first-order valence-electron chi connectivity index (χ1n) is 4.12. The Labute approximate surface area is 82.0 Å². The van der Waals surface area contributed by atoms with E-state index >= 15 is 0 Å². The second-order valence-electron chi connectivity index (χ2n) is 2.77. The third-order valence-corrected chi connectivity index (χ3v) is 1.69. The Balaban J connectivity index is 2.88. The molecule has 0 atom stereocenters. The van der Waals surface area contributed by atoms with Crippen LogP contribution in [0, 0.1) is 0 Å². The highest BCUT2D eigenvalue weighted by molar-refractivity contribution is 5.99. The predicted octanol–water partition coefficient (Wildman–Crippen LogP) is 0.890. The molecule has 0 aliphatic carbocycles. The molecule has 0 unspecified atom stereocenters. The molecule has 74 valence electrons. The van der Waals surface area contributed by atoms with E-state index in [1.54, 1.807) is 6.08 Å². The Morgan fingerprint density at radius 3 is 3.00 bits per heavy atom. The molecule has 4 N–H and O–H groups in total. The smallest absolute Gasteiger partial charge is 0.253 e. The van der Waals surface area contributed by atoms with Gasteiger partial charge >= 0.3 is 0 Å². The van der Waals surface area contributed by atoms with Gasteiger partial charge in [-0.1, -0.05) is 6.08 Å². The molecule has 4 nitrogen and oxygen atoms in total. The number of aromatic hydroxyl groups is 1. The molecule has 1 amide bonds. The van der Waals surface area contributed by atoms with E-state index in [1.807, 2.05) is 0 Å². The summed E-state index contributed by atoms with van der Waals surface area (Å²) in [6.45, 7) is 3.84. The molecule has 0 spiro atoms. The van der Waals surface area contributed by atoms with Crippen LogP contribution in [-0.4, -0.2) is 17.6 Å². The summed E-state index contributed by atoms with van der Waals surface area (Å²) >= 11 is 0. The third kappa shape index (κ3) is 2.26. The Morgan fingerprint density at radius 2 is 2.36 bits per heavy atom. The summed E-state index contributed by atoms with van der Waals surface area (Å²) < 4.78 is 0. The zero-order valence-corrected chi connectivity index (χ0v) is 7.66. The number of hydrogen-bond donors (Lipinski definition) is 3. The van der Waals surface area contributed by atoms with Crippen molar-refractivity contribution < 1.29 is 9.90 Å². The topological polar surface area (TPSA) is 75.3 Å². The molecule has 0 saturated carbocycles. The lowest BCUT2D eigenvalue weighted by atomic mass is 10.1. The van der Waals surface area contributed by atoms with Crippen LogP contribution in [0.4, 0.5) is 5.69 Å². The first-order valence-corrected chi connectivity index (χ1v) is 4.12. The van der Waals surface area contributed by atoms with Crippen molar-refractivity contribution in [1.82, 2.24) is 5.32 Å². The van der Waals surface area contributed by atoms with Crippen LogP contribution in [0.1, 0.15) is 10.4 Å². The number of nitrogens with two attached hydrogens (primary N) is 1. The first-order chi connectivity index (χ1) is 6.65. The molecule has 1 aromatic rings. The van der Waals surface area contributed by atoms with Gasteiger partial charge in [0.2, 0.25) is 0 Å². The van der Waals surface area contributed by atoms with Crippen molar-refractivity contribution in [3.8, 4) is 5.75 Å². The van der Waals surface area contributed by atoms with Gasteiger partial charge in [0.1, 0.15) is 5.75 Å². The molecule has 1 aromatic carbocycles. The van der Waals surface area contributed by atoms with E-state index in [1.165, 1.54) is 18.2 Å². The van der Waals surface area contributed by atoms with Crippen molar-refractivity contribution in [1.29, 1.82) is 0 Å². The molecular weight excluding hydrogens is 180 g/mol. The van der Waals surface area contributed by atoms with E-state index in [0.29, 0.717) is 12.2 Å². The van der Waals surface area contributed by atoms with Gasteiger partial charge in [-0.2, -0.15) is 0 Å². The number of phenols is 1. The fraction of sp³-hybridized carbons (Fsp3) is 0.100. The van der Waals surface area contributed by atoms with E-state index in [-0.39, 0.29) is 17.2 Å². The minimum Gasteiger partial charge on any atom is -0.508 e. The van der Waals surface area contributed by atoms with Crippen molar-refractivity contribution >= 4 is 11.6 Å². The number of rotatable bonds is 3. The summed E-state index contributed by atoms with van der Waals surface area (Å²) in [5, 5.41) is 11.7. The van der Waals surface area contributed by atoms with Gasteiger partial charge in [-0.3, -0.25) is 4.79 Å². The van der Waals surface area contributed by atoms with E-state index in [0.717, 1.165) is 0 Å². The van der Waals surface area contributed by atoms with Gasteiger partial charge in [-0.05, 0) is 18.2 Å². The molecule has 0 aromatic heterocycles. The lowest BCUT2D eigenvalue weighted by Gasteiger charge is -2.05. The molecule has 0 heterocycles. The number of benzene rings is 1. The highest BCUT2D eigenvalue weighted by Crippen LogP contribution is 2.17. The molecule has 1 rings (SSSR count). The number of amides is 1. The van der Waals surface area contributed by atoms with Crippen LogP contribution in [0.5, 0.6) is 5.75 Å². The number of hydrogen-bond acceptors (Lipinski definition) is 3. The van der Waals surface area contributed by atoms with Crippen LogP contribution in [0.3, 0.4) is 0 Å². The maximum absolute atomic E-state index is 11.4. The number of nitrogens with one attached hydrogen (secondary N) is 1. The maximum Gasteiger partial charge on any atom is 0.253 e. The summed E-state index contributed by atoms with van der Waals surface area (Å²) in [5.41, 5.74) is 6.17. The standard InChI is InChI=1S/C10H12N2O2/c1-2-5-12-10(14)8-6-7(13)3-4-9(8)11/h2-4,6,13H,1,5,11H2,(H,12,14). The summed E-state index contributed by atoms with van der Waals surface area (Å²) in [6, 6.07) is 4.24. The second-order valence-corrected chi connectivity index (χ2v) is 2.77. The van der Waals surface area contributed by atoms with Crippen LogP contribution in [0.2, 0.25) is 0 Å². The summed E-state index contributed by atoms with van der Waals surface area (Å²) in [6.07, 6.45) is 1.57. The number of anilines is 1. The Hall–Kier alpha value is -1.97. The van der Waals surface area contributed by atoms with E-state index < -0.39 is 0 Å². The maximum atomic E-state index is 11.4. The van der Waals surface area contributed by atoms with Gasteiger partial charge in [-0.15, -0.1) is 6.58 Å². The van der Waals surface area contributed by atoms with Crippen LogP contribution in [-0.2, 0) is 0 Å². The van der Waals surface area contributed by atoms with Crippen molar-refractivity contribution in [3.05, 3.63) is 36.4 Å². The van der Waals surface area contributed by atoms with Crippen molar-refractivity contribution in [2.75, 3.05) is 12.3 Å². The molecule has 0 aliphatic heterocycles. The molecule has 4 heteroatoms. The van der Waals surface area contributed by atoms with Gasteiger partial charge in [0, 0.05) is 12.2 Å². The van der Waals surface area contributed by atoms with Crippen LogP contribution in [0.25, 0.3) is 0 Å². The monoisotopic (exact) mass is 192 g/mol. The van der Waals surface area contributed by atoms with E-state index in [2.05, 4.69) is 11.9 Å². The van der Waals surface area contributed by atoms with Gasteiger partial charge in [0.25, 0.3) is 5.91 Å². The number of carbonyl (C=O) groups excluding carboxylic acids is 1. The largest absolute Gasteiger partial charge is 0.508 e. The zero-order chi connectivity index (χ0) is 10.6. The number of carbonyl (C=O) groups is 1. The Bertz CT molecular complexity index is 361. The van der Waals surface area contributed by atoms with Crippen LogP contribution in [0.15, 0.2) is 30.9 Å². The van der Waals surface area contributed by atoms with E-state index in [4.69, 9.17) is 10.8 Å². The van der Waals surface area contributed by atoms with Crippen LogP contribution < -0.4 is 11.1 Å². The van der Waals surface area contributed by atoms with Crippen molar-refractivity contribution in [2.24, 2.45) is 0 Å². The van der Waals surface area contributed by atoms with E-state index in [9.17, 15) is 4.79 Å². The number of phenolic OH excluding ortho intramolecular Hbond substituents is 1. The van der Waals surface area contributed by atoms with Gasteiger partial charge in [0.05, 0.1) is 5.56 Å². The minimum absolute atomic E-state index is 0.0166. The molecule has 0 aliphatic rings. The highest BCUT2D eigenvalue weighted by atomic mass is 16.3. The third-order valence-electron chi connectivity index (χ3n) is 1.69. The Kier molecular flexibility index (Phi) is 3.12. The summed E-state index contributed by atoms with van der Waals surface area (Å²) in [4.78, 5) is 11.4. The van der Waals surface area contributed by atoms with Gasteiger partial charge in [-0.25, -0.2) is 0 Å². The quantitative estimate of drug-likeness (QED) is 0.378. The average Bonchev–Trinajstić information content (AvgIpc) is 2.18. The fourth-order valence-corrected chi connectivity index (χ4v) is 1.00. The molecule has 0 fully saturated rings. The Morgan fingerprint density at radius 1 is 1.64 bits per heavy atom. The van der Waals surface area contributed by atoms with Gasteiger partial charge < -0.3 is 16.2 Å². The predicted molar refractivity (Wildman–Crippen MR) is 55.0 cm³/mol. The SMILES string of the molecule is C=CCNC(=O)c1cc(O)ccc1N. The minimum atomic E-state index is -0.321. The molecule has 0 saturated heterocycles. The normalized spacial score (nSPS) is 9.43. The molecule has 14 heavy (non-hydrogen) atoms. The summed E-state index contributed by atoms with van der Waals surface area (Å²) in [5.74, 6) is -0.304.